The first-order chi connectivity index (χ1) is 10.8. The number of benzene rings is 1. The molecule has 0 aliphatic rings. The normalized spacial score (nSPS) is 11.1. The number of primary amides is 1. The lowest BCUT2D eigenvalue weighted by molar-refractivity contribution is -0.118. The van der Waals surface area contributed by atoms with Gasteiger partial charge in [-0.3, -0.25) is 14.2 Å². The second-order valence-corrected chi connectivity index (χ2v) is 6.30. The summed E-state index contributed by atoms with van der Waals surface area (Å²) in [5, 5.41) is 12.8. The van der Waals surface area contributed by atoms with Gasteiger partial charge in [0, 0.05) is 25.2 Å². The summed E-state index contributed by atoms with van der Waals surface area (Å²) in [7, 11) is -3.88. The second kappa shape index (κ2) is 6.48. The number of rotatable bonds is 7. The lowest BCUT2D eigenvalue weighted by Gasteiger charge is -2.06. The van der Waals surface area contributed by atoms with Gasteiger partial charge in [-0.05, 0) is 24.3 Å². The van der Waals surface area contributed by atoms with Crippen LogP contribution in [0.25, 0.3) is 0 Å². The summed E-state index contributed by atoms with van der Waals surface area (Å²) in [6, 6.07) is 6.21. The largest absolute Gasteiger partial charge is 0.478 e. The van der Waals surface area contributed by atoms with Crippen molar-refractivity contribution >= 4 is 27.7 Å². The first kappa shape index (κ1) is 16.5. The summed E-state index contributed by atoms with van der Waals surface area (Å²) in [6.07, 6.45) is 1.60. The Balaban J connectivity index is 2.11. The molecule has 1 aromatic carbocycles. The fourth-order valence-corrected chi connectivity index (χ4v) is 2.74. The molecule has 9 nitrogen and oxygen atoms in total. The third-order valence-electron chi connectivity index (χ3n) is 2.88. The molecule has 1 amide bonds. The number of nitrogens with zero attached hydrogens (tertiary/aromatic N) is 2. The topological polar surface area (TPSA) is 144 Å². The van der Waals surface area contributed by atoms with Crippen LogP contribution in [0, 0.1) is 0 Å². The Kier molecular flexibility index (Phi) is 4.65. The predicted octanol–water partition coefficient (Wildman–Crippen LogP) is 0.257. The molecule has 0 saturated heterocycles. The number of aromatic nitrogens is 2. The van der Waals surface area contributed by atoms with E-state index in [9.17, 15) is 18.0 Å². The molecule has 0 bridgehead atoms. The highest BCUT2D eigenvalue weighted by Gasteiger charge is 2.16. The molecule has 4 N–H and O–H groups in total. The Morgan fingerprint density at radius 2 is 1.87 bits per heavy atom. The van der Waals surface area contributed by atoms with Gasteiger partial charge < -0.3 is 10.8 Å². The number of nitrogens with two attached hydrogens (primary N) is 1. The molecular formula is C13H14N4O5S. The number of carbonyl (C=O) groups is 2. The van der Waals surface area contributed by atoms with Crippen LogP contribution in [0.5, 0.6) is 0 Å². The van der Waals surface area contributed by atoms with E-state index in [0.29, 0.717) is 0 Å². The van der Waals surface area contributed by atoms with Crippen LogP contribution in [-0.2, 0) is 21.4 Å². The first-order valence-corrected chi connectivity index (χ1v) is 7.94. The smallest absolute Gasteiger partial charge is 0.335 e. The van der Waals surface area contributed by atoms with Crippen molar-refractivity contribution in [1.29, 1.82) is 0 Å². The Labute approximate surface area is 131 Å². The summed E-state index contributed by atoms with van der Waals surface area (Å²) >= 11 is 0. The van der Waals surface area contributed by atoms with Gasteiger partial charge in [-0.2, -0.15) is 5.10 Å². The highest BCUT2D eigenvalue weighted by molar-refractivity contribution is 7.92. The Morgan fingerprint density at radius 3 is 2.43 bits per heavy atom. The summed E-state index contributed by atoms with van der Waals surface area (Å²) in [4.78, 5) is 21.4. The van der Waals surface area contributed by atoms with Gasteiger partial charge in [0.15, 0.2) is 5.82 Å². The van der Waals surface area contributed by atoms with Crippen molar-refractivity contribution in [3.63, 3.8) is 0 Å². The van der Waals surface area contributed by atoms with Crippen molar-refractivity contribution in [3.05, 3.63) is 42.1 Å². The van der Waals surface area contributed by atoms with Crippen molar-refractivity contribution in [3.8, 4) is 0 Å². The van der Waals surface area contributed by atoms with Crippen LogP contribution in [0.1, 0.15) is 16.8 Å². The van der Waals surface area contributed by atoms with Gasteiger partial charge in [-0.1, -0.05) is 0 Å². The first-order valence-electron chi connectivity index (χ1n) is 6.46. The molecule has 0 spiro atoms. The van der Waals surface area contributed by atoms with Crippen LogP contribution in [0.2, 0.25) is 0 Å². The molecule has 10 heteroatoms. The molecular weight excluding hydrogens is 324 g/mol. The molecule has 0 aliphatic heterocycles. The third-order valence-corrected chi connectivity index (χ3v) is 4.25. The molecule has 2 aromatic rings. The van der Waals surface area contributed by atoms with Crippen molar-refractivity contribution in [2.24, 2.45) is 5.73 Å². The fourth-order valence-electron chi connectivity index (χ4n) is 1.74. The number of carbonyl (C=O) groups excluding carboxylic acids is 1. The highest BCUT2D eigenvalue weighted by Crippen LogP contribution is 2.15. The van der Waals surface area contributed by atoms with Gasteiger partial charge in [0.05, 0.1) is 10.5 Å². The number of carboxylic acids is 1. The van der Waals surface area contributed by atoms with Gasteiger partial charge >= 0.3 is 5.97 Å². The molecule has 0 atom stereocenters. The number of hydrogen-bond donors (Lipinski definition) is 3. The number of aryl methyl sites for hydroxylation is 1. The molecule has 0 saturated carbocycles. The number of hydrogen-bond acceptors (Lipinski definition) is 5. The number of nitrogens with one attached hydrogen (secondary N) is 1. The molecule has 1 aromatic heterocycles. The van der Waals surface area contributed by atoms with Crippen LogP contribution in [0.4, 0.5) is 5.82 Å². The lowest BCUT2D eigenvalue weighted by Crippen LogP contribution is -2.15. The quantitative estimate of drug-likeness (QED) is 0.660. The van der Waals surface area contributed by atoms with Crippen LogP contribution in [0.3, 0.4) is 0 Å². The number of amides is 1. The van der Waals surface area contributed by atoms with Crippen molar-refractivity contribution in [2.45, 2.75) is 17.9 Å². The molecule has 0 unspecified atom stereocenters. The van der Waals surface area contributed by atoms with E-state index in [1.807, 2.05) is 0 Å². The Bertz CT molecular complexity index is 826. The van der Waals surface area contributed by atoms with E-state index in [0.717, 1.165) is 0 Å². The number of anilines is 1. The van der Waals surface area contributed by atoms with Crippen LogP contribution >= 0.6 is 0 Å². The van der Waals surface area contributed by atoms with E-state index in [1.165, 1.54) is 41.2 Å². The predicted molar refractivity (Wildman–Crippen MR) is 80.2 cm³/mol. The molecule has 2 rings (SSSR count). The minimum absolute atomic E-state index is 0.0142. The Morgan fingerprint density at radius 1 is 1.22 bits per heavy atom. The summed E-state index contributed by atoms with van der Waals surface area (Å²) in [5.74, 6) is -1.55. The minimum atomic E-state index is -3.88. The van der Waals surface area contributed by atoms with Crippen molar-refractivity contribution in [2.75, 3.05) is 4.72 Å². The van der Waals surface area contributed by atoms with Gasteiger partial charge in [-0.25, -0.2) is 13.2 Å². The lowest BCUT2D eigenvalue weighted by atomic mass is 10.2. The van der Waals surface area contributed by atoms with E-state index in [-0.39, 0.29) is 29.2 Å². The van der Waals surface area contributed by atoms with E-state index >= 15 is 0 Å². The van der Waals surface area contributed by atoms with E-state index in [1.54, 1.807) is 0 Å². The average Bonchev–Trinajstić information content (AvgIpc) is 2.92. The van der Waals surface area contributed by atoms with Crippen molar-refractivity contribution in [1.82, 2.24) is 9.78 Å². The maximum Gasteiger partial charge on any atom is 0.335 e. The molecule has 23 heavy (non-hydrogen) atoms. The molecule has 0 fully saturated rings. The van der Waals surface area contributed by atoms with Crippen LogP contribution in [0.15, 0.2) is 41.4 Å². The van der Waals surface area contributed by atoms with Crippen LogP contribution in [-0.4, -0.2) is 35.2 Å². The SMILES string of the molecule is NC(=O)CCn1ccc(NS(=O)(=O)c2ccc(C(=O)O)cc2)n1. The van der Waals surface area contributed by atoms with Gasteiger partial charge in [0.1, 0.15) is 0 Å². The summed E-state index contributed by atoms with van der Waals surface area (Å²) in [6.45, 7) is 0.240. The summed E-state index contributed by atoms with van der Waals surface area (Å²) < 4.78 is 28.0. The van der Waals surface area contributed by atoms with Gasteiger partial charge in [0.2, 0.25) is 5.91 Å². The number of aromatic carboxylic acids is 1. The molecule has 122 valence electrons. The van der Waals surface area contributed by atoms with Crippen LogP contribution < -0.4 is 10.5 Å². The maximum atomic E-state index is 12.2. The average molecular weight is 338 g/mol. The maximum absolute atomic E-state index is 12.2. The minimum Gasteiger partial charge on any atom is -0.478 e. The third kappa shape index (κ3) is 4.30. The van der Waals surface area contributed by atoms with Gasteiger partial charge in [0.25, 0.3) is 10.0 Å². The Hall–Kier alpha value is -2.88. The zero-order valence-electron chi connectivity index (χ0n) is 11.8. The standard InChI is InChI=1S/C13H14N4O5S/c14-11(18)5-7-17-8-6-12(15-17)16-23(21,22)10-3-1-9(2-4-10)13(19)20/h1-4,6,8H,5,7H2,(H2,14,18)(H,15,16)(H,19,20). The number of carboxylic acid groups (broad SMARTS) is 1. The van der Waals surface area contributed by atoms with E-state index in [4.69, 9.17) is 10.8 Å². The summed E-state index contributed by atoms with van der Waals surface area (Å²) in [5.41, 5.74) is 5.01. The monoisotopic (exact) mass is 338 g/mol. The zero-order chi connectivity index (χ0) is 17.0. The number of sulfonamides is 1. The van der Waals surface area contributed by atoms with Crippen molar-refractivity contribution < 1.29 is 23.1 Å². The molecule has 0 aliphatic carbocycles. The zero-order valence-corrected chi connectivity index (χ0v) is 12.7. The second-order valence-electron chi connectivity index (χ2n) is 4.62. The fraction of sp³-hybridized carbons (Fsp3) is 0.154. The van der Waals surface area contributed by atoms with Gasteiger partial charge in [-0.15, -0.1) is 0 Å². The van der Waals surface area contributed by atoms with E-state index < -0.39 is 21.9 Å². The molecule has 0 radical (unpaired) electrons. The molecule has 1 heterocycles. The highest BCUT2D eigenvalue weighted by atomic mass is 32.2. The van der Waals surface area contributed by atoms with E-state index in [2.05, 4.69) is 9.82 Å².